The third-order valence-electron chi connectivity index (χ3n) is 4.32. The second-order valence-electron chi connectivity index (χ2n) is 6.26. The summed E-state index contributed by atoms with van der Waals surface area (Å²) in [6.45, 7) is 0.528. The Labute approximate surface area is 154 Å². The number of nitrogens with one attached hydrogen (secondary N) is 1. The van der Waals surface area contributed by atoms with E-state index in [1.165, 1.54) is 0 Å². The quantitative estimate of drug-likeness (QED) is 0.655. The van der Waals surface area contributed by atoms with Gasteiger partial charge in [0.2, 0.25) is 5.91 Å². The van der Waals surface area contributed by atoms with Crippen molar-refractivity contribution in [1.29, 1.82) is 0 Å². The fraction of sp³-hybridized carbons (Fsp3) is 0.174. The summed E-state index contributed by atoms with van der Waals surface area (Å²) in [5.41, 5.74) is 4.11. The van der Waals surface area contributed by atoms with Crippen LogP contribution in [0, 0.1) is 0 Å². The molecule has 1 amide bonds. The van der Waals surface area contributed by atoms with Gasteiger partial charge in [0.05, 0.1) is 6.61 Å². The predicted octanol–water partition coefficient (Wildman–Crippen LogP) is 4.99. The van der Waals surface area contributed by atoms with E-state index in [1.807, 2.05) is 60.7 Å². The fourth-order valence-electron chi connectivity index (χ4n) is 3.10. The minimum absolute atomic E-state index is 0.00253. The average Bonchev–Trinajstić information content (AvgIpc) is 2.68. The summed E-state index contributed by atoms with van der Waals surface area (Å²) in [6, 6.07) is 28.1. The molecule has 0 aliphatic rings. The molecule has 0 aromatic heterocycles. The molecule has 3 heteroatoms. The van der Waals surface area contributed by atoms with E-state index in [9.17, 15) is 4.79 Å². The van der Waals surface area contributed by atoms with Crippen molar-refractivity contribution >= 4 is 11.6 Å². The number of anilines is 1. The molecule has 0 heterocycles. The minimum atomic E-state index is -0.00253. The number of carbonyl (C=O) groups excluding carboxylic acids is 1. The van der Waals surface area contributed by atoms with E-state index in [0.29, 0.717) is 13.0 Å². The number of rotatable bonds is 7. The first-order valence-corrected chi connectivity index (χ1v) is 8.74. The molecule has 3 nitrogen and oxygen atoms in total. The van der Waals surface area contributed by atoms with Gasteiger partial charge in [-0.2, -0.15) is 0 Å². The van der Waals surface area contributed by atoms with Crippen LogP contribution in [0.4, 0.5) is 5.69 Å². The lowest BCUT2D eigenvalue weighted by Crippen LogP contribution is -2.16. The van der Waals surface area contributed by atoms with Crippen LogP contribution in [0.3, 0.4) is 0 Å². The van der Waals surface area contributed by atoms with Crippen LogP contribution < -0.4 is 5.32 Å². The van der Waals surface area contributed by atoms with E-state index in [4.69, 9.17) is 4.74 Å². The maximum atomic E-state index is 12.7. The van der Waals surface area contributed by atoms with Gasteiger partial charge in [-0.05, 0) is 28.8 Å². The van der Waals surface area contributed by atoms with Crippen LogP contribution in [0.2, 0.25) is 0 Å². The smallest absolute Gasteiger partial charge is 0.225 e. The lowest BCUT2D eigenvalue weighted by Gasteiger charge is -2.18. The maximum absolute atomic E-state index is 12.7. The predicted molar refractivity (Wildman–Crippen MR) is 105 cm³/mol. The summed E-state index contributed by atoms with van der Waals surface area (Å²) in [6.07, 6.45) is 0.391. The van der Waals surface area contributed by atoms with Gasteiger partial charge in [0.15, 0.2) is 0 Å². The van der Waals surface area contributed by atoms with Crippen LogP contribution >= 0.6 is 0 Å². The van der Waals surface area contributed by atoms with Crippen molar-refractivity contribution in [1.82, 2.24) is 0 Å². The normalized spacial score (nSPS) is 10.7. The van der Waals surface area contributed by atoms with E-state index in [2.05, 4.69) is 29.6 Å². The van der Waals surface area contributed by atoms with Crippen LogP contribution in [0.5, 0.6) is 0 Å². The average molecular weight is 345 g/mol. The summed E-state index contributed by atoms with van der Waals surface area (Å²) in [7, 11) is 1.66. The molecule has 3 rings (SSSR count). The molecule has 0 bridgehead atoms. The van der Waals surface area contributed by atoms with Crippen molar-refractivity contribution in [3.8, 4) is 0 Å². The lowest BCUT2D eigenvalue weighted by molar-refractivity contribution is -0.116. The first kappa shape index (κ1) is 17.9. The molecule has 0 radical (unpaired) electrons. The molecule has 1 N–H and O–H groups in total. The van der Waals surface area contributed by atoms with Gasteiger partial charge in [-0.3, -0.25) is 4.79 Å². The van der Waals surface area contributed by atoms with E-state index in [0.717, 1.165) is 22.4 Å². The molecule has 0 aliphatic heterocycles. The molecular formula is C23H23NO2. The third kappa shape index (κ3) is 4.80. The van der Waals surface area contributed by atoms with Gasteiger partial charge in [-0.25, -0.2) is 0 Å². The molecule has 26 heavy (non-hydrogen) atoms. The fourth-order valence-corrected chi connectivity index (χ4v) is 3.10. The lowest BCUT2D eigenvalue weighted by atomic mass is 9.88. The highest BCUT2D eigenvalue weighted by Crippen LogP contribution is 2.28. The van der Waals surface area contributed by atoms with Crippen molar-refractivity contribution in [2.75, 3.05) is 12.4 Å². The number of benzene rings is 3. The van der Waals surface area contributed by atoms with Crippen LogP contribution in [0.15, 0.2) is 84.9 Å². The first-order valence-electron chi connectivity index (χ1n) is 8.74. The Kier molecular flexibility index (Phi) is 6.18. The number of amides is 1. The standard InChI is InChI=1S/C23H23NO2/c1-26-17-18-9-8-14-21(15-18)24-23(25)16-22(19-10-4-2-5-11-19)20-12-6-3-7-13-20/h2-15,22H,16-17H2,1H3,(H,24,25). The van der Waals surface area contributed by atoms with Crippen molar-refractivity contribution < 1.29 is 9.53 Å². The topological polar surface area (TPSA) is 38.3 Å². The van der Waals surface area contributed by atoms with Crippen molar-refractivity contribution in [2.24, 2.45) is 0 Å². The maximum Gasteiger partial charge on any atom is 0.225 e. The van der Waals surface area contributed by atoms with Crippen molar-refractivity contribution in [3.63, 3.8) is 0 Å². The Hall–Kier alpha value is -2.91. The van der Waals surface area contributed by atoms with Gasteiger partial charge in [0, 0.05) is 25.1 Å². The van der Waals surface area contributed by atoms with Crippen LogP contribution in [-0.2, 0) is 16.1 Å². The summed E-state index contributed by atoms with van der Waals surface area (Å²) in [5.74, 6) is 0.0248. The zero-order valence-corrected chi connectivity index (χ0v) is 14.9. The van der Waals surface area contributed by atoms with Gasteiger partial charge in [-0.1, -0.05) is 72.8 Å². The summed E-state index contributed by atoms with van der Waals surface area (Å²) >= 11 is 0. The van der Waals surface area contributed by atoms with E-state index in [1.54, 1.807) is 7.11 Å². The second-order valence-corrected chi connectivity index (χ2v) is 6.26. The molecule has 0 saturated heterocycles. The van der Waals surface area contributed by atoms with E-state index < -0.39 is 0 Å². The molecule has 0 saturated carbocycles. The molecule has 3 aromatic carbocycles. The van der Waals surface area contributed by atoms with E-state index >= 15 is 0 Å². The zero-order valence-electron chi connectivity index (χ0n) is 14.9. The van der Waals surface area contributed by atoms with Crippen LogP contribution in [-0.4, -0.2) is 13.0 Å². The highest BCUT2D eigenvalue weighted by molar-refractivity contribution is 5.91. The Bertz CT molecular complexity index is 792. The number of hydrogen-bond acceptors (Lipinski definition) is 2. The second kappa shape index (κ2) is 8.97. The zero-order chi connectivity index (χ0) is 18.2. The van der Waals surface area contributed by atoms with E-state index in [-0.39, 0.29) is 11.8 Å². The molecule has 0 fully saturated rings. The van der Waals surface area contributed by atoms with Crippen LogP contribution in [0.1, 0.15) is 29.0 Å². The first-order chi connectivity index (χ1) is 12.8. The molecule has 0 aliphatic carbocycles. The number of carbonyl (C=O) groups is 1. The number of methoxy groups -OCH3 is 1. The van der Waals surface area contributed by atoms with Gasteiger partial charge >= 0.3 is 0 Å². The van der Waals surface area contributed by atoms with Crippen LogP contribution in [0.25, 0.3) is 0 Å². The SMILES string of the molecule is COCc1cccc(NC(=O)CC(c2ccccc2)c2ccccc2)c1. The monoisotopic (exact) mass is 345 g/mol. The summed E-state index contributed by atoms with van der Waals surface area (Å²) < 4.78 is 5.16. The molecule has 132 valence electrons. The highest BCUT2D eigenvalue weighted by Gasteiger charge is 2.18. The molecule has 3 aromatic rings. The minimum Gasteiger partial charge on any atom is -0.380 e. The Morgan fingerprint density at radius 3 is 2.08 bits per heavy atom. The Morgan fingerprint density at radius 1 is 0.885 bits per heavy atom. The summed E-state index contributed by atoms with van der Waals surface area (Å²) in [5, 5.41) is 3.02. The van der Waals surface area contributed by atoms with Gasteiger partial charge in [0.25, 0.3) is 0 Å². The van der Waals surface area contributed by atoms with Gasteiger partial charge in [-0.15, -0.1) is 0 Å². The van der Waals surface area contributed by atoms with Gasteiger partial charge < -0.3 is 10.1 Å². The Morgan fingerprint density at radius 2 is 1.50 bits per heavy atom. The number of ether oxygens (including phenoxy) is 1. The molecule has 0 spiro atoms. The summed E-state index contributed by atoms with van der Waals surface area (Å²) in [4.78, 5) is 12.7. The largest absolute Gasteiger partial charge is 0.380 e. The van der Waals surface area contributed by atoms with Crippen molar-refractivity contribution in [2.45, 2.75) is 18.9 Å². The molecule has 0 atom stereocenters. The highest BCUT2D eigenvalue weighted by atomic mass is 16.5. The Balaban J connectivity index is 1.77. The third-order valence-corrected chi connectivity index (χ3v) is 4.32. The molecule has 0 unspecified atom stereocenters. The van der Waals surface area contributed by atoms with Gasteiger partial charge in [0.1, 0.15) is 0 Å². The number of hydrogen-bond donors (Lipinski definition) is 1. The van der Waals surface area contributed by atoms with Crippen molar-refractivity contribution in [3.05, 3.63) is 102 Å². The molecular weight excluding hydrogens is 322 g/mol.